The van der Waals surface area contributed by atoms with Gasteiger partial charge in [-0.1, -0.05) is 6.07 Å². The van der Waals surface area contributed by atoms with Crippen molar-refractivity contribution >= 4 is 6.03 Å². The van der Waals surface area contributed by atoms with E-state index in [1.807, 2.05) is 0 Å². The van der Waals surface area contributed by atoms with Crippen molar-refractivity contribution in [1.29, 1.82) is 0 Å². The number of carbonyl (C=O) groups excluding carboxylic acids is 1. The molecule has 0 spiro atoms. The highest BCUT2D eigenvalue weighted by atomic mass is 16.5. The fourth-order valence-corrected chi connectivity index (χ4v) is 3.41. The summed E-state index contributed by atoms with van der Waals surface area (Å²) in [6.45, 7) is 8.32. The van der Waals surface area contributed by atoms with E-state index in [9.17, 15) is 4.79 Å². The number of nitrogens with one attached hydrogen (secondary N) is 1. The standard InChI is InChI=1S/C20H29N5O2/c1-14-15(2)19(27-5)7-6-16(14)12-24-8-9-25-18(13-24)10-17(22-25)11-21-20(26)23(3)4/h6-7,10H,8-9,11-13H2,1-5H3,(H,21,26). The second-order valence-electron chi connectivity index (χ2n) is 7.29. The fourth-order valence-electron chi connectivity index (χ4n) is 3.41. The van der Waals surface area contributed by atoms with Gasteiger partial charge in [-0.05, 0) is 42.7 Å². The molecule has 7 heteroatoms. The van der Waals surface area contributed by atoms with Gasteiger partial charge in [-0.3, -0.25) is 9.58 Å². The number of amides is 2. The molecule has 0 atom stereocenters. The van der Waals surface area contributed by atoms with Crippen molar-refractivity contribution in [2.45, 2.75) is 40.0 Å². The number of rotatable bonds is 5. The summed E-state index contributed by atoms with van der Waals surface area (Å²) in [5.74, 6) is 0.942. The van der Waals surface area contributed by atoms with Gasteiger partial charge in [0.1, 0.15) is 5.75 Å². The highest BCUT2D eigenvalue weighted by Crippen LogP contribution is 2.26. The molecular formula is C20H29N5O2. The second-order valence-corrected chi connectivity index (χ2v) is 7.29. The SMILES string of the molecule is COc1ccc(CN2CCn3nc(CNC(=O)N(C)C)cc3C2)c(C)c1C. The van der Waals surface area contributed by atoms with Crippen molar-refractivity contribution in [2.75, 3.05) is 27.7 Å². The van der Waals surface area contributed by atoms with E-state index in [0.29, 0.717) is 6.54 Å². The number of benzene rings is 1. The van der Waals surface area contributed by atoms with E-state index in [1.54, 1.807) is 21.2 Å². The molecule has 3 rings (SSSR count). The lowest BCUT2D eigenvalue weighted by molar-refractivity contribution is 0.204. The Morgan fingerprint density at radius 3 is 2.74 bits per heavy atom. The first-order valence-electron chi connectivity index (χ1n) is 9.25. The zero-order chi connectivity index (χ0) is 19.6. The van der Waals surface area contributed by atoms with E-state index < -0.39 is 0 Å². The molecule has 0 radical (unpaired) electrons. The lowest BCUT2D eigenvalue weighted by Gasteiger charge is -2.28. The smallest absolute Gasteiger partial charge is 0.317 e. The van der Waals surface area contributed by atoms with Gasteiger partial charge in [0.05, 0.1) is 31.6 Å². The van der Waals surface area contributed by atoms with E-state index in [1.165, 1.54) is 27.3 Å². The lowest BCUT2D eigenvalue weighted by Crippen LogP contribution is -2.34. The van der Waals surface area contributed by atoms with Crippen LogP contribution in [0.25, 0.3) is 0 Å². The molecule has 1 aliphatic heterocycles. The molecule has 2 heterocycles. The van der Waals surface area contributed by atoms with Crippen molar-refractivity contribution in [3.8, 4) is 5.75 Å². The average molecular weight is 371 g/mol. The molecule has 0 aliphatic carbocycles. The lowest BCUT2D eigenvalue weighted by atomic mass is 10.0. The predicted octanol–water partition coefficient (Wildman–Crippen LogP) is 2.30. The third-order valence-electron chi connectivity index (χ3n) is 5.22. The number of urea groups is 1. The number of hydrogen-bond acceptors (Lipinski definition) is 4. The maximum absolute atomic E-state index is 11.7. The zero-order valence-corrected chi connectivity index (χ0v) is 16.9. The number of aromatic nitrogens is 2. The number of methoxy groups -OCH3 is 1. The monoisotopic (exact) mass is 371 g/mol. The van der Waals surface area contributed by atoms with Crippen molar-refractivity contribution in [3.05, 3.63) is 46.3 Å². The molecule has 1 aromatic carbocycles. The highest BCUT2D eigenvalue weighted by Gasteiger charge is 2.20. The summed E-state index contributed by atoms with van der Waals surface area (Å²) < 4.78 is 7.47. The van der Waals surface area contributed by atoms with Crippen LogP contribution in [0.3, 0.4) is 0 Å². The van der Waals surface area contributed by atoms with Crippen molar-refractivity contribution in [3.63, 3.8) is 0 Å². The van der Waals surface area contributed by atoms with Crippen LogP contribution in [0.1, 0.15) is 28.1 Å². The topological polar surface area (TPSA) is 62.6 Å². The van der Waals surface area contributed by atoms with Crippen molar-refractivity contribution < 1.29 is 9.53 Å². The molecular weight excluding hydrogens is 342 g/mol. The van der Waals surface area contributed by atoms with Crippen LogP contribution in [-0.4, -0.2) is 53.4 Å². The minimum atomic E-state index is -0.104. The zero-order valence-electron chi connectivity index (χ0n) is 16.9. The molecule has 1 aromatic heterocycles. The van der Waals surface area contributed by atoms with Gasteiger partial charge in [0.15, 0.2) is 0 Å². The van der Waals surface area contributed by atoms with E-state index in [0.717, 1.165) is 37.6 Å². The molecule has 0 saturated heterocycles. The molecule has 1 aliphatic rings. The van der Waals surface area contributed by atoms with Crippen LogP contribution < -0.4 is 10.1 Å². The summed E-state index contributed by atoms with van der Waals surface area (Å²) in [5.41, 5.74) is 5.92. The van der Waals surface area contributed by atoms with Gasteiger partial charge in [0, 0.05) is 33.7 Å². The Labute approximate surface area is 160 Å². The van der Waals surface area contributed by atoms with Crippen LogP contribution in [0.2, 0.25) is 0 Å². The van der Waals surface area contributed by atoms with E-state index >= 15 is 0 Å². The van der Waals surface area contributed by atoms with Crippen molar-refractivity contribution in [2.24, 2.45) is 0 Å². The third kappa shape index (κ3) is 4.24. The summed E-state index contributed by atoms with van der Waals surface area (Å²) in [7, 11) is 5.17. The molecule has 2 amide bonds. The maximum atomic E-state index is 11.7. The van der Waals surface area contributed by atoms with Gasteiger partial charge in [0.25, 0.3) is 0 Å². The van der Waals surface area contributed by atoms with E-state index in [-0.39, 0.29) is 6.03 Å². The minimum absolute atomic E-state index is 0.104. The van der Waals surface area contributed by atoms with E-state index in [4.69, 9.17) is 4.74 Å². The van der Waals surface area contributed by atoms with Gasteiger partial charge in [-0.25, -0.2) is 4.79 Å². The van der Waals surface area contributed by atoms with Crippen LogP contribution in [0.15, 0.2) is 18.2 Å². The van der Waals surface area contributed by atoms with Crippen LogP contribution in [0.4, 0.5) is 4.79 Å². The Kier molecular flexibility index (Phi) is 5.70. The quantitative estimate of drug-likeness (QED) is 0.876. The Balaban J connectivity index is 1.65. The Morgan fingerprint density at radius 2 is 2.04 bits per heavy atom. The van der Waals surface area contributed by atoms with Crippen LogP contribution in [0.5, 0.6) is 5.75 Å². The summed E-state index contributed by atoms with van der Waals surface area (Å²) in [5, 5.41) is 7.49. The van der Waals surface area contributed by atoms with Gasteiger partial charge < -0.3 is 15.0 Å². The average Bonchev–Trinajstić information content (AvgIpc) is 3.05. The molecule has 0 saturated carbocycles. The Bertz CT molecular complexity index is 828. The first-order valence-corrected chi connectivity index (χ1v) is 9.25. The third-order valence-corrected chi connectivity index (χ3v) is 5.22. The summed E-state index contributed by atoms with van der Waals surface area (Å²) in [4.78, 5) is 15.6. The normalized spacial score (nSPS) is 14.0. The van der Waals surface area contributed by atoms with Gasteiger partial charge >= 0.3 is 6.03 Å². The molecule has 0 bridgehead atoms. The molecule has 0 unspecified atom stereocenters. The Hall–Kier alpha value is -2.54. The predicted molar refractivity (Wildman–Crippen MR) is 105 cm³/mol. The number of ether oxygens (including phenoxy) is 1. The highest BCUT2D eigenvalue weighted by molar-refractivity contribution is 5.73. The van der Waals surface area contributed by atoms with Crippen LogP contribution >= 0.6 is 0 Å². The van der Waals surface area contributed by atoms with E-state index in [2.05, 4.69) is 52.0 Å². The Morgan fingerprint density at radius 1 is 1.26 bits per heavy atom. The largest absolute Gasteiger partial charge is 0.496 e. The minimum Gasteiger partial charge on any atom is -0.496 e. The summed E-state index contributed by atoms with van der Waals surface area (Å²) in [6, 6.07) is 6.20. The molecule has 7 nitrogen and oxygen atoms in total. The molecule has 0 fully saturated rings. The van der Waals surface area contributed by atoms with Crippen molar-refractivity contribution in [1.82, 2.24) is 24.9 Å². The van der Waals surface area contributed by atoms with Crippen LogP contribution in [0, 0.1) is 13.8 Å². The number of hydrogen-bond donors (Lipinski definition) is 1. The number of fused-ring (bicyclic) bond motifs is 1. The summed E-state index contributed by atoms with van der Waals surface area (Å²) in [6.07, 6.45) is 0. The number of carbonyl (C=O) groups is 1. The van der Waals surface area contributed by atoms with Crippen LogP contribution in [-0.2, 0) is 26.2 Å². The fraction of sp³-hybridized carbons (Fsp3) is 0.500. The first-order chi connectivity index (χ1) is 12.9. The van der Waals surface area contributed by atoms with Gasteiger partial charge in [0.2, 0.25) is 0 Å². The molecule has 2 aromatic rings. The molecule has 27 heavy (non-hydrogen) atoms. The summed E-state index contributed by atoms with van der Waals surface area (Å²) >= 11 is 0. The number of nitrogens with zero attached hydrogens (tertiary/aromatic N) is 4. The molecule has 146 valence electrons. The first kappa shape index (κ1) is 19.2. The second kappa shape index (κ2) is 8.00. The maximum Gasteiger partial charge on any atom is 0.317 e. The molecule has 1 N–H and O–H groups in total. The van der Waals surface area contributed by atoms with Gasteiger partial charge in [-0.2, -0.15) is 5.10 Å². The van der Waals surface area contributed by atoms with Gasteiger partial charge in [-0.15, -0.1) is 0 Å².